The van der Waals surface area contributed by atoms with E-state index in [1.807, 2.05) is 19.2 Å². The Hall–Kier alpha value is -1.09. The van der Waals surface area contributed by atoms with Crippen LogP contribution in [0.1, 0.15) is 24.8 Å². The number of para-hydroxylation sites is 1. The molecule has 1 saturated carbocycles. The third-order valence-corrected chi connectivity index (χ3v) is 4.48. The maximum Gasteiger partial charge on any atom is 0.146 e. The van der Waals surface area contributed by atoms with Crippen LogP contribution in [0.25, 0.3) is 0 Å². The fourth-order valence-electron chi connectivity index (χ4n) is 3.66. The van der Waals surface area contributed by atoms with E-state index in [0.717, 1.165) is 42.7 Å². The van der Waals surface area contributed by atoms with Crippen molar-refractivity contribution < 1.29 is 4.39 Å². The lowest BCUT2D eigenvalue weighted by Gasteiger charge is -2.23. The van der Waals surface area contributed by atoms with E-state index < -0.39 is 0 Å². The average Bonchev–Trinajstić information content (AvgIpc) is 2.90. The van der Waals surface area contributed by atoms with Gasteiger partial charge in [-0.25, -0.2) is 4.39 Å². The zero-order valence-corrected chi connectivity index (χ0v) is 11.0. The first-order valence-electron chi connectivity index (χ1n) is 6.96. The highest BCUT2D eigenvalue weighted by atomic mass is 19.1. The van der Waals surface area contributed by atoms with Crippen LogP contribution in [0.2, 0.25) is 0 Å². The van der Waals surface area contributed by atoms with Crippen LogP contribution >= 0.6 is 0 Å². The Morgan fingerprint density at radius 2 is 2.00 bits per heavy atom. The summed E-state index contributed by atoms with van der Waals surface area (Å²) in [6.45, 7) is 2.82. The van der Waals surface area contributed by atoms with Crippen molar-refractivity contribution in [3.8, 4) is 0 Å². The molecule has 3 rings (SSSR count). The fraction of sp³-hybridized carbons (Fsp3) is 0.600. The van der Waals surface area contributed by atoms with Crippen LogP contribution in [-0.4, -0.2) is 20.1 Å². The van der Waals surface area contributed by atoms with Gasteiger partial charge in [0.15, 0.2) is 0 Å². The SMILES string of the molecule is CNCc1cccc(F)c1N1CC2CCCC2C1. The average molecular weight is 248 g/mol. The van der Waals surface area contributed by atoms with E-state index in [-0.39, 0.29) is 5.82 Å². The highest BCUT2D eigenvalue weighted by molar-refractivity contribution is 5.56. The van der Waals surface area contributed by atoms with Gasteiger partial charge in [0.2, 0.25) is 0 Å². The number of nitrogens with zero attached hydrogens (tertiary/aromatic N) is 1. The number of hydrogen-bond donors (Lipinski definition) is 1. The van der Waals surface area contributed by atoms with Crippen molar-refractivity contribution in [1.82, 2.24) is 5.32 Å². The van der Waals surface area contributed by atoms with Gasteiger partial charge in [-0.2, -0.15) is 0 Å². The third kappa shape index (κ3) is 2.01. The Kier molecular flexibility index (Phi) is 3.25. The number of halogens is 1. The summed E-state index contributed by atoms with van der Waals surface area (Å²) < 4.78 is 14.1. The number of benzene rings is 1. The summed E-state index contributed by atoms with van der Waals surface area (Å²) in [7, 11) is 1.91. The maximum absolute atomic E-state index is 14.1. The van der Waals surface area contributed by atoms with Crippen molar-refractivity contribution in [2.24, 2.45) is 11.8 Å². The van der Waals surface area contributed by atoms with Gasteiger partial charge in [-0.1, -0.05) is 18.6 Å². The van der Waals surface area contributed by atoms with Crippen LogP contribution in [0.4, 0.5) is 10.1 Å². The van der Waals surface area contributed by atoms with E-state index in [1.54, 1.807) is 6.07 Å². The summed E-state index contributed by atoms with van der Waals surface area (Å²) in [6.07, 6.45) is 4.03. The standard InChI is InChI=1S/C15H21FN2/c1-17-8-11-4-3-7-14(16)15(11)18-9-12-5-2-6-13(12)10-18/h3-4,7,12-13,17H,2,5-6,8-10H2,1H3. The van der Waals surface area contributed by atoms with Crippen molar-refractivity contribution in [3.05, 3.63) is 29.6 Å². The van der Waals surface area contributed by atoms with Crippen molar-refractivity contribution in [3.63, 3.8) is 0 Å². The summed E-state index contributed by atoms with van der Waals surface area (Å²) in [5.74, 6) is 1.53. The van der Waals surface area contributed by atoms with E-state index in [1.165, 1.54) is 19.3 Å². The van der Waals surface area contributed by atoms with E-state index in [4.69, 9.17) is 0 Å². The molecule has 2 unspecified atom stereocenters. The van der Waals surface area contributed by atoms with E-state index in [0.29, 0.717) is 0 Å². The molecule has 2 aliphatic rings. The molecule has 1 aliphatic heterocycles. The maximum atomic E-state index is 14.1. The van der Waals surface area contributed by atoms with Crippen LogP contribution in [-0.2, 0) is 6.54 Å². The minimum atomic E-state index is -0.0669. The molecule has 2 atom stereocenters. The zero-order chi connectivity index (χ0) is 12.5. The second-order valence-corrected chi connectivity index (χ2v) is 5.63. The smallest absolute Gasteiger partial charge is 0.146 e. The van der Waals surface area contributed by atoms with E-state index in [2.05, 4.69) is 10.2 Å². The predicted octanol–water partition coefficient (Wildman–Crippen LogP) is 2.78. The van der Waals surface area contributed by atoms with Gasteiger partial charge in [-0.3, -0.25) is 0 Å². The van der Waals surface area contributed by atoms with Gasteiger partial charge in [-0.15, -0.1) is 0 Å². The Morgan fingerprint density at radius 1 is 1.28 bits per heavy atom. The largest absolute Gasteiger partial charge is 0.368 e. The van der Waals surface area contributed by atoms with Gasteiger partial charge >= 0.3 is 0 Å². The molecule has 1 heterocycles. The number of hydrogen-bond acceptors (Lipinski definition) is 2. The molecule has 1 N–H and O–H groups in total. The number of anilines is 1. The molecule has 1 aromatic carbocycles. The second-order valence-electron chi connectivity index (χ2n) is 5.63. The van der Waals surface area contributed by atoms with Crippen LogP contribution in [0.5, 0.6) is 0 Å². The summed E-state index contributed by atoms with van der Waals surface area (Å²) in [6, 6.07) is 5.42. The minimum Gasteiger partial charge on any atom is -0.368 e. The van der Waals surface area contributed by atoms with Crippen molar-refractivity contribution in [2.75, 3.05) is 25.0 Å². The normalized spacial score (nSPS) is 26.7. The first kappa shape index (κ1) is 12.0. The molecular weight excluding hydrogens is 227 g/mol. The first-order valence-corrected chi connectivity index (χ1v) is 6.96. The summed E-state index contributed by atoms with van der Waals surface area (Å²) in [4.78, 5) is 2.27. The van der Waals surface area contributed by atoms with Gasteiger partial charge in [0.05, 0.1) is 5.69 Å². The predicted molar refractivity (Wildman–Crippen MR) is 72.2 cm³/mol. The monoisotopic (exact) mass is 248 g/mol. The Bertz CT molecular complexity index is 421. The third-order valence-electron chi connectivity index (χ3n) is 4.48. The molecule has 0 bridgehead atoms. The molecule has 0 spiro atoms. The molecule has 1 aromatic rings. The molecule has 18 heavy (non-hydrogen) atoms. The van der Waals surface area contributed by atoms with Gasteiger partial charge in [-0.05, 0) is 43.4 Å². The first-order chi connectivity index (χ1) is 8.79. The van der Waals surface area contributed by atoms with Gasteiger partial charge in [0, 0.05) is 19.6 Å². The lowest BCUT2D eigenvalue weighted by Crippen LogP contribution is -2.24. The van der Waals surface area contributed by atoms with Crippen molar-refractivity contribution in [2.45, 2.75) is 25.8 Å². The van der Waals surface area contributed by atoms with E-state index in [9.17, 15) is 4.39 Å². The molecular formula is C15H21FN2. The Labute approximate surface area is 108 Å². The zero-order valence-electron chi connectivity index (χ0n) is 11.0. The van der Waals surface area contributed by atoms with Crippen LogP contribution < -0.4 is 10.2 Å². The molecule has 0 aromatic heterocycles. The molecule has 0 amide bonds. The number of rotatable bonds is 3. The van der Waals surface area contributed by atoms with Crippen molar-refractivity contribution in [1.29, 1.82) is 0 Å². The molecule has 1 saturated heterocycles. The Balaban J connectivity index is 1.87. The lowest BCUT2D eigenvalue weighted by molar-refractivity contribution is 0.494. The van der Waals surface area contributed by atoms with Gasteiger partial charge in [0.1, 0.15) is 5.82 Å². The fourth-order valence-corrected chi connectivity index (χ4v) is 3.66. The molecule has 0 radical (unpaired) electrons. The van der Waals surface area contributed by atoms with Crippen LogP contribution in [0.3, 0.4) is 0 Å². The van der Waals surface area contributed by atoms with Gasteiger partial charge < -0.3 is 10.2 Å². The molecule has 98 valence electrons. The molecule has 2 fully saturated rings. The quantitative estimate of drug-likeness (QED) is 0.885. The summed E-state index contributed by atoms with van der Waals surface area (Å²) >= 11 is 0. The highest BCUT2D eigenvalue weighted by Gasteiger charge is 2.37. The van der Waals surface area contributed by atoms with Crippen LogP contribution in [0.15, 0.2) is 18.2 Å². The molecule has 3 heteroatoms. The number of fused-ring (bicyclic) bond motifs is 1. The van der Waals surface area contributed by atoms with Gasteiger partial charge in [0.25, 0.3) is 0 Å². The lowest BCUT2D eigenvalue weighted by atomic mass is 10.0. The molecule has 2 nitrogen and oxygen atoms in total. The molecule has 1 aliphatic carbocycles. The highest BCUT2D eigenvalue weighted by Crippen LogP contribution is 2.40. The second kappa shape index (κ2) is 4.88. The topological polar surface area (TPSA) is 15.3 Å². The van der Waals surface area contributed by atoms with E-state index >= 15 is 0 Å². The minimum absolute atomic E-state index is 0.0669. The summed E-state index contributed by atoms with van der Waals surface area (Å²) in [5.41, 5.74) is 1.92. The van der Waals surface area contributed by atoms with Crippen molar-refractivity contribution >= 4 is 5.69 Å². The number of nitrogens with one attached hydrogen (secondary N) is 1. The Morgan fingerprint density at radius 3 is 2.67 bits per heavy atom. The summed E-state index contributed by atoms with van der Waals surface area (Å²) in [5, 5.41) is 3.13. The van der Waals surface area contributed by atoms with Crippen LogP contribution in [0, 0.1) is 17.7 Å².